The second-order valence-corrected chi connectivity index (χ2v) is 8.13. The highest BCUT2D eigenvalue weighted by atomic mass is 35.5. The van der Waals surface area contributed by atoms with Gasteiger partial charge in [-0.2, -0.15) is 0 Å². The van der Waals surface area contributed by atoms with Crippen molar-refractivity contribution in [3.63, 3.8) is 0 Å². The third kappa shape index (κ3) is 6.74. The van der Waals surface area contributed by atoms with Crippen molar-refractivity contribution >= 4 is 23.3 Å². The fourth-order valence-corrected chi connectivity index (χ4v) is 3.72. The summed E-state index contributed by atoms with van der Waals surface area (Å²) in [5.74, 6) is -0.162. The molecule has 0 radical (unpaired) electrons. The molecule has 5 nitrogen and oxygen atoms in total. The number of anilines is 1. The molecule has 0 aromatic heterocycles. The molecule has 1 fully saturated rings. The average Bonchev–Trinajstić information content (AvgIpc) is 2.93. The topological polar surface area (TPSA) is 36.0 Å². The fourth-order valence-electron chi connectivity index (χ4n) is 3.49. The van der Waals surface area contributed by atoms with Gasteiger partial charge in [-0.3, -0.25) is 14.6 Å². The molecule has 0 unspecified atom stereocenters. The van der Waals surface area contributed by atoms with E-state index in [0.717, 1.165) is 61.0 Å². The minimum absolute atomic E-state index is 0.162. The van der Waals surface area contributed by atoms with Crippen molar-refractivity contribution in [1.82, 2.24) is 9.80 Å². The number of halogens is 1. The highest BCUT2D eigenvalue weighted by molar-refractivity contribution is 6.31. The number of carbonyl (C=O) groups is 1. The Morgan fingerprint density at radius 3 is 2.48 bits per heavy atom. The van der Waals surface area contributed by atoms with E-state index in [4.69, 9.17) is 16.3 Å². The van der Waals surface area contributed by atoms with Gasteiger partial charge in [-0.1, -0.05) is 48.0 Å². The molecule has 0 saturated carbocycles. The highest BCUT2D eigenvalue weighted by Crippen LogP contribution is 2.24. The van der Waals surface area contributed by atoms with Gasteiger partial charge in [0.1, 0.15) is 6.61 Å². The molecule has 0 spiro atoms. The number of hydrogen-bond donors (Lipinski definition) is 0. The summed E-state index contributed by atoms with van der Waals surface area (Å²) in [6.07, 6.45) is 1.03. The zero-order valence-corrected chi connectivity index (χ0v) is 18.1. The van der Waals surface area contributed by atoms with Crippen LogP contribution in [0, 0.1) is 0 Å². The van der Waals surface area contributed by atoms with Crippen LogP contribution in [0.25, 0.3) is 0 Å². The number of carbonyl (C=O) groups excluding carboxylic acids is 1. The maximum atomic E-state index is 12.2. The van der Waals surface area contributed by atoms with Gasteiger partial charge in [0.25, 0.3) is 0 Å². The molecule has 0 N–H and O–H groups in total. The Hall–Kier alpha value is -2.08. The van der Waals surface area contributed by atoms with Gasteiger partial charge in [0.2, 0.25) is 0 Å². The SMILES string of the molecule is CN(C)c1ccc(CN2CCCN(CC(=O)OCc3ccccc3)CC2)c(Cl)c1. The van der Waals surface area contributed by atoms with Crippen LogP contribution in [0.1, 0.15) is 17.5 Å². The minimum atomic E-state index is -0.162. The first-order valence-corrected chi connectivity index (χ1v) is 10.5. The summed E-state index contributed by atoms with van der Waals surface area (Å²) < 4.78 is 5.42. The van der Waals surface area contributed by atoms with Crippen LogP contribution in [0.4, 0.5) is 5.69 Å². The summed E-state index contributed by atoms with van der Waals surface area (Å²) in [5, 5.41) is 0.807. The molecule has 29 heavy (non-hydrogen) atoms. The van der Waals surface area contributed by atoms with Crippen LogP contribution in [0.3, 0.4) is 0 Å². The third-order valence-electron chi connectivity index (χ3n) is 5.22. The van der Waals surface area contributed by atoms with Gasteiger partial charge >= 0.3 is 5.97 Å². The predicted octanol–water partition coefficient (Wildman–Crippen LogP) is 3.66. The molecule has 3 rings (SSSR count). The maximum absolute atomic E-state index is 12.2. The molecule has 156 valence electrons. The molecule has 0 amide bonds. The van der Waals surface area contributed by atoms with Crippen LogP contribution in [-0.2, 0) is 22.7 Å². The summed E-state index contributed by atoms with van der Waals surface area (Å²) in [6, 6.07) is 16.0. The van der Waals surface area contributed by atoms with E-state index in [1.807, 2.05) is 50.5 Å². The van der Waals surface area contributed by atoms with Gasteiger partial charge in [0.05, 0.1) is 6.54 Å². The average molecular weight is 416 g/mol. The van der Waals surface area contributed by atoms with Crippen molar-refractivity contribution in [2.24, 2.45) is 0 Å². The molecule has 1 heterocycles. The Labute approximate surface area is 178 Å². The molecule has 2 aromatic carbocycles. The zero-order valence-electron chi connectivity index (χ0n) is 17.3. The van der Waals surface area contributed by atoms with E-state index in [9.17, 15) is 4.79 Å². The lowest BCUT2D eigenvalue weighted by molar-refractivity contribution is -0.146. The molecule has 6 heteroatoms. The van der Waals surface area contributed by atoms with Gasteiger partial charge in [0, 0.05) is 51.0 Å². The Kier molecular flexibility index (Phi) is 7.92. The van der Waals surface area contributed by atoms with Crippen molar-refractivity contribution in [1.29, 1.82) is 0 Å². The third-order valence-corrected chi connectivity index (χ3v) is 5.58. The monoisotopic (exact) mass is 415 g/mol. The highest BCUT2D eigenvalue weighted by Gasteiger charge is 2.18. The molecule has 0 atom stereocenters. The lowest BCUT2D eigenvalue weighted by atomic mass is 10.2. The van der Waals surface area contributed by atoms with Crippen molar-refractivity contribution in [2.45, 2.75) is 19.6 Å². The molecular weight excluding hydrogens is 386 g/mol. The van der Waals surface area contributed by atoms with Gasteiger partial charge in [-0.05, 0) is 36.2 Å². The Bertz CT molecular complexity index is 798. The van der Waals surface area contributed by atoms with Crippen LogP contribution in [0.2, 0.25) is 5.02 Å². The van der Waals surface area contributed by atoms with E-state index in [0.29, 0.717) is 13.2 Å². The van der Waals surface area contributed by atoms with E-state index in [-0.39, 0.29) is 5.97 Å². The number of ether oxygens (including phenoxy) is 1. The molecule has 2 aromatic rings. The quantitative estimate of drug-likeness (QED) is 0.645. The molecule has 0 aliphatic carbocycles. The second kappa shape index (κ2) is 10.6. The summed E-state index contributed by atoms with van der Waals surface area (Å²) in [6.45, 7) is 5.19. The van der Waals surface area contributed by atoms with Gasteiger partial charge in [-0.15, -0.1) is 0 Å². The Morgan fingerprint density at radius 1 is 1.03 bits per heavy atom. The number of rotatable bonds is 7. The largest absolute Gasteiger partial charge is 0.460 e. The van der Waals surface area contributed by atoms with E-state index >= 15 is 0 Å². The van der Waals surface area contributed by atoms with Gasteiger partial charge in [-0.25, -0.2) is 0 Å². The second-order valence-electron chi connectivity index (χ2n) is 7.72. The summed E-state index contributed by atoms with van der Waals surface area (Å²) >= 11 is 6.49. The Balaban J connectivity index is 1.45. The smallest absolute Gasteiger partial charge is 0.320 e. The molecule has 0 bridgehead atoms. The fraction of sp³-hybridized carbons (Fsp3) is 0.435. The van der Waals surface area contributed by atoms with Crippen LogP contribution in [-0.4, -0.2) is 62.6 Å². The lowest BCUT2D eigenvalue weighted by Gasteiger charge is -2.22. The van der Waals surface area contributed by atoms with Gasteiger partial charge < -0.3 is 9.64 Å². The first kappa shape index (κ1) is 21.6. The van der Waals surface area contributed by atoms with E-state index in [1.54, 1.807) is 0 Å². The zero-order chi connectivity index (χ0) is 20.6. The van der Waals surface area contributed by atoms with Crippen LogP contribution in [0.5, 0.6) is 0 Å². The minimum Gasteiger partial charge on any atom is -0.460 e. The number of esters is 1. The first-order valence-electron chi connectivity index (χ1n) is 10.1. The molecule has 1 saturated heterocycles. The summed E-state index contributed by atoms with van der Waals surface area (Å²) in [4.78, 5) is 18.8. The van der Waals surface area contributed by atoms with E-state index in [1.165, 1.54) is 0 Å². The number of hydrogen-bond acceptors (Lipinski definition) is 5. The molecule has 1 aliphatic rings. The van der Waals surface area contributed by atoms with Crippen LogP contribution >= 0.6 is 11.6 Å². The number of benzene rings is 2. The standard InChI is InChI=1S/C23H30ClN3O2/c1-25(2)21-10-9-20(22(24)15-21)16-26-11-6-12-27(14-13-26)17-23(28)29-18-19-7-4-3-5-8-19/h3-5,7-10,15H,6,11-14,16-18H2,1-2H3. The summed E-state index contributed by atoms with van der Waals surface area (Å²) in [5.41, 5.74) is 3.27. The van der Waals surface area contributed by atoms with E-state index in [2.05, 4.69) is 26.8 Å². The lowest BCUT2D eigenvalue weighted by Crippen LogP contribution is -2.34. The van der Waals surface area contributed by atoms with E-state index < -0.39 is 0 Å². The van der Waals surface area contributed by atoms with Crippen molar-refractivity contribution < 1.29 is 9.53 Å². The first-order chi connectivity index (χ1) is 14.0. The number of nitrogens with zero attached hydrogens (tertiary/aromatic N) is 3. The Morgan fingerprint density at radius 2 is 1.76 bits per heavy atom. The van der Waals surface area contributed by atoms with Crippen molar-refractivity contribution in [3.8, 4) is 0 Å². The molecule has 1 aliphatic heterocycles. The normalized spacial score (nSPS) is 15.7. The van der Waals surface area contributed by atoms with Crippen molar-refractivity contribution in [2.75, 3.05) is 51.7 Å². The van der Waals surface area contributed by atoms with Gasteiger partial charge in [0.15, 0.2) is 0 Å². The van der Waals surface area contributed by atoms with Crippen LogP contribution < -0.4 is 4.90 Å². The van der Waals surface area contributed by atoms with Crippen LogP contribution in [0.15, 0.2) is 48.5 Å². The summed E-state index contributed by atoms with van der Waals surface area (Å²) in [7, 11) is 4.03. The molecular formula is C23H30ClN3O2. The van der Waals surface area contributed by atoms with Crippen molar-refractivity contribution in [3.05, 3.63) is 64.7 Å². The maximum Gasteiger partial charge on any atom is 0.320 e. The predicted molar refractivity (Wildman–Crippen MR) is 118 cm³/mol.